The summed E-state index contributed by atoms with van der Waals surface area (Å²) < 4.78 is 9.51. The van der Waals surface area contributed by atoms with Gasteiger partial charge in [0.1, 0.15) is 0 Å². The van der Waals surface area contributed by atoms with E-state index >= 15 is 0 Å². The van der Waals surface area contributed by atoms with Gasteiger partial charge >= 0.3 is 11.9 Å². The van der Waals surface area contributed by atoms with Gasteiger partial charge in [-0.3, -0.25) is 9.59 Å². The smallest absolute Gasteiger partial charge is 0.315 e. The molecule has 0 bridgehead atoms. The third-order valence-electron chi connectivity index (χ3n) is 1.42. The Hall–Kier alpha value is -0.440. The van der Waals surface area contributed by atoms with Crippen LogP contribution in [0.3, 0.4) is 0 Å². The van der Waals surface area contributed by atoms with Gasteiger partial charge in [0.2, 0.25) is 0 Å². The van der Waals surface area contributed by atoms with Gasteiger partial charge in [0.05, 0.1) is 37.9 Å². The maximum Gasteiger partial charge on any atom is 0.315 e. The van der Waals surface area contributed by atoms with Crippen molar-refractivity contribution in [3.63, 3.8) is 0 Å². The molecule has 0 radical (unpaired) electrons. The van der Waals surface area contributed by atoms with E-state index in [-0.39, 0.29) is 36.7 Å². The van der Waals surface area contributed by atoms with Gasteiger partial charge in [-0.15, -0.1) is 0 Å². The molecule has 0 aliphatic heterocycles. The second-order valence-electron chi connectivity index (χ2n) is 2.91. The first-order valence-electron chi connectivity index (χ1n) is 5.37. The molecule has 8 heteroatoms. The fraction of sp³-hybridized carbons (Fsp3) is 0.800. The number of carbonyl (C=O) groups is 2. The molecule has 108 valence electrons. The summed E-state index contributed by atoms with van der Waals surface area (Å²) in [5.41, 5.74) is 0. The molecule has 18 heavy (non-hydrogen) atoms. The van der Waals surface area contributed by atoms with Crippen LogP contribution in [0.15, 0.2) is 0 Å². The lowest BCUT2D eigenvalue weighted by molar-refractivity contribution is -0.142. The summed E-state index contributed by atoms with van der Waals surface area (Å²) in [7, 11) is 0. The van der Waals surface area contributed by atoms with Crippen molar-refractivity contribution in [2.45, 2.75) is 12.8 Å². The highest BCUT2D eigenvalue weighted by molar-refractivity contribution is 7.81. The highest BCUT2D eigenvalue weighted by atomic mass is 32.1. The van der Waals surface area contributed by atoms with Gasteiger partial charge in [0, 0.05) is 0 Å². The molecule has 0 amide bonds. The lowest BCUT2D eigenvalue weighted by atomic mass is 10.3. The summed E-state index contributed by atoms with van der Waals surface area (Å²) in [4.78, 5) is 21.2. The molecular weight excluding hydrogens is 280 g/mol. The molecule has 0 heterocycles. The Labute approximate surface area is 117 Å². The maximum atomic E-state index is 10.6. The normalized spacial score (nSPS) is 9.11. The van der Waals surface area contributed by atoms with E-state index in [4.69, 9.17) is 19.7 Å². The van der Waals surface area contributed by atoms with Crippen LogP contribution in [-0.4, -0.2) is 60.1 Å². The van der Waals surface area contributed by atoms with Gasteiger partial charge in [0.25, 0.3) is 0 Å². The largest absolute Gasteiger partial charge is 0.465 e. The molecule has 0 aromatic carbocycles. The van der Waals surface area contributed by atoms with Crippen LogP contribution in [0.25, 0.3) is 0 Å². The van der Waals surface area contributed by atoms with Gasteiger partial charge in [-0.05, 0) is 12.8 Å². The quantitative estimate of drug-likeness (QED) is 0.279. The Morgan fingerprint density at radius 1 is 0.833 bits per heavy atom. The topological polar surface area (TPSA) is 93.1 Å². The zero-order chi connectivity index (χ0) is 14.2. The van der Waals surface area contributed by atoms with Crippen molar-refractivity contribution in [1.29, 1.82) is 0 Å². The molecule has 0 saturated heterocycles. The first kappa shape index (κ1) is 19.9. The molecule has 0 aromatic heterocycles. The van der Waals surface area contributed by atoms with Crippen LogP contribution in [0, 0.1) is 0 Å². The Balaban J connectivity index is 0. The first-order valence-corrected chi connectivity index (χ1v) is 6.63. The number of aliphatic hydroxyl groups is 2. The maximum absolute atomic E-state index is 10.6. The summed E-state index contributed by atoms with van der Waals surface area (Å²) >= 11 is 7.49. The van der Waals surface area contributed by atoms with E-state index in [0.717, 1.165) is 0 Å². The van der Waals surface area contributed by atoms with Gasteiger partial charge in [-0.25, -0.2) is 0 Å². The molecule has 6 nitrogen and oxygen atoms in total. The van der Waals surface area contributed by atoms with Crippen LogP contribution in [0.4, 0.5) is 0 Å². The molecule has 0 aliphatic carbocycles. The highest BCUT2D eigenvalue weighted by Crippen LogP contribution is 1.93. The Morgan fingerprint density at radius 3 is 1.39 bits per heavy atom. The van der Waals surface area contributed by atoms with E-state index in [1.165, 1.54) is 0 Å². The minimum Gasteiger partial charge on any atom is -0.465 e. The first-order chi connectivity index (χ1) is 8.62. The summed E-state index contributed by atoms with van der Waals surface area (Å²) in [5.74, 6) is -0.482. The number of aliphatic hydroxyl groups excluding tert-OH is 2. The zero-order valence-corrected chi connectivity index (χ0v) is 11.9. The lowest BCUT2D eigenvalue weighted by Gasteiger charge is -2.03. The predicted molar refractivity (Wildman–Crippen MR) is 73.0 cm³/mol. The van der Waals surface area contributed by atoms with E-state index < -0.39 is 0 Å². The van der Waals surface area contributed by atoms with Crippen LogP contribution in [0.2, 0.25) is 0 Å². The zero-order valence-electron chi connectivity index (χ0n) is 10.1. The summed E-state index contributed by atoms with van der Waals surface area (Å²) in [6.45, 7) is 0.440. The summed E-state index contributed by atoms with van der Waals surface area (Å²) in [5, 5.41) is 15.2. The number of hydrogen-bond acceptors (Lipinski definition) is 8. The fourth-order valence-electron chi connectivity index (χ4n) is 0.667. The highest BCUT2D eigenvalue weighted by Gasteiger charge is 2.00. The van der Waals surface area contributed by atoms with E-state index in [1.807, 2.05) is 0 Å². The van der Waals surface area contributed by atoms with Crippen LogP contribution >= 0.6 is 25.3 Å². The van der Waals surface area contributed by atoms with E-state index in [0.29, 0.717) is 26.1 Å². The minimum absolute atomic E-state index is 0.0919. The van der Waals surface area contributed by atoms with Gasteiger partial charge in [0.15, 0.2) is 0 Å². The minimum atomic E-state index is -0.333. The van der Waals surface area contributed by atoms with E-state index in [2.05, 4.69) is 25.3 Å². The Kier molecular flexibility index (Phi) is 18.3. The molecule has 0 saturated carbocycles. The Bertz CT molecular complexity index is 191. The number of carbonyl (C=O) groups excluding carboxylic acids is 2. The average molecular weight is 300 g/mol. The number of thiol groups is 2. The van der Waals surface area contributed by atoms with Crippen LogP contribution < -0.4 is 0 Å². The third-order valence-corrected chi connectivity index (χ3v) is 1.94. The van der Waals surface area contributed by atoms with Gasteiger partial charge in [-0.1, -0.05) is 0 Å². The second-order valence-corrected chi connectivity index (χ2v) is 3.54. The van der Waals surface area contributed by atoms with E-state index in [9.17, 15) is 9.59 Å². The summed E-state index contributed by atoms with van der Waals surface area (Å²) in [6.07, 6.45) is 1.36. The molecule has 0 spiro atoms. The van der Waals surface area contributed by atoms with Crippen LogP contribution in [-0.2, 0) is 19.1 Å². The fourth-order valence-corrected chi connectivity index (χ4v) is 0.850. The summed E-state index contributed by atoms with van der Waals surface area (Å²) in [6, 6.07) is 0. The number of rotatable bonds is 8. The molecule has 0 atom stereocenters. The van der Waals surface area contributed by atoms with E-state index in [1.54, 1.807) is 0 Å². The monoisotopic (exact) mass is 300 g/mol. The number of esters is 2. The van der Waals surface area contributed by atoms with Crippen molar-refractivity contribution < 1.29 is 29.3 Å². The standard InChI is InChI=1S/C8H14O4S2.C2H6O2/c9-7(5-13)11-3-1-2-4-12-8(10)6-14;3-1-2-4/h13-14H,1-6H2;3-4H,1-2H2. The predicted octanol–water partition coefficient (Wildman–Crippen LogP) is -0.316. The van der Waals surface area contributed by atoms with Gasteiger partial charge in [-0.2, -0.15) is 25.3 Å². The Morgan fingerprint density at radius 2 is 1.17 bits per heavy atom. The van der Waals surface area contributed by atoms with Crippen molar-refractivity contribution in [3.05, 3.63) is 0 Å². The van der Waals surface area contributed by atoms with Crippen molar-refractivity contribution in [2.75, 3.05) is 37.9 Å². The van der Waals surface area contributed by atoms with Crippen molar-refractivity contribution >= 4 is 37.2 Å². The molecule has 2 N–H and O–H groups in total. The number of hydrogen-bond donors (Lipinski definition) is 4. The number of unbranched alkanes of at least 4 members (excludes halogenated alkanes) is 1. The molecule has 0 fully saturated rings. The van der Waals surface area contributed by atoms with Crippen LogP contribution in [0.1, 0.15) is 12.8 Å². The number of ether oxygens (including phenoxy) is 2. The molecule has 0 aliphatic rings. The van der Waals surface area contributed by atoms with Gasteiger partial charge < -0.3 is 19.7 Å². The lowest BCUT2D eigenvalue weighted by Crippen LogP contribution is -2.09. The van der Waals surface area contributed by atoms with Crippen LogP contribution in [0.5, 0.6) is 0 Å². The average Bonchev–Trinajstić information content (AvgIpc) is 2.42. The molecule has 0 aromatic rings. The van der Waals surface area contributed by atoms with Crippen molar-refractivity contribution in [2.24, 2.45) is 0 Å². The van der Waals surface area contributed by atoms with Crippen molar-refractivity contribution in [1.82, 2.24) is 0 Å². The molecule has 0 rings (SSSR count). The third kappa shape index (κ3) is 17.9. The molecule has 0 unspecified atom stereocenters. The SMILES string of the molecule is O=C(CS)OCCCCOC(=O)CS.OCCO. The molecular formula is C10H20O6S2. The second kappa shape index (κ2) is 16.6. The van der Waals surface area contributed by atoms with Crippen molar-refractivity contribution in [3.8, 4) is 0 Å².